The Morgan fingerprint density at radius 3 is 3.13 bits per heavy atom. The number of fused-ring (bicyclic) bond motifs is 1. The number of hydrogen-bond acceptors (Lipinski definition) is 5. The van der Waals surface area contributed by atoms with Crippen molar-refractivity contribution in [1.82, 2.24) is 19.7 Å². The van der Waals surface area contributed by atoms with E-state index in [1.54, 1.807) is 6.20 Å². The highest BCUT2D eigenvalue weighted by Gasteiger charge is 2.45. The standard InChI is InChI=1S/C17H22N4O2/c1-20-10-13(9-19-20)11-21-12-15(17-14(21)5-4-8-22-17)23-16-6-2-3-7-18-16/h2-3,6-7,9-10,14-15,17H,4-5,8,11-12H2,1H3/t14-,15-,17+/m1/s1. The van der Waals surface area contributed by atoms with E-state index in [0.29, 0.717) is 11.9 Å². The van der Waals surface area contributed by atoms with Gasteiger partial charge >= 0.3 is 0 Å². The SMILES string of the molecule is Cn1cc(CN2C[C@@H](Oc3ccccn3)[C@H]3OCCC[C@H]32)cn1. The van der Waals surface area contributed by atoms with Crippen LogP contribution in [0.25, 0.3) is 0 Å². The first-order valence-electron chi connectivity index (χ1n) is 8.20. The second-order valence-electron chi connectivity index (χ2n) is 6.32. The summed E-state index contributed by atoms with van der Waals surface area (Å²) in [5, 5.41) is 4.27. The molecule has 2 saturated heterocycles. The maximum Gasteiger partial charge on any atom is 0.213 e. The molecule has 0 unspecified atom stereocenters. The molecule has 0 bridgehead atoms. The zero-order valence-corrected chi connectivity index (χ0v) is 13.3. The van der Waals surface area contributed by atoms with E-state index in [-0.39, 0.29) is 12.2 Å². The first kappa shape index (κ1) is 14.7. The molecule has 3 atom stereocenters. The van der Waals surface area contributed by atoms with Gasteiger partial charge in [0, 0.05) is 56.8 Å². The highest BCUT2D eigenvalue weighted by atomic mass is 16.5. The lowest BCUT2D eigenvalue weighted by Gasteiger charge is -2.32. The fraction of sp³-hybridized carbons (Fsp3) is 0.529. The molecule has 2 aliphatic heterocycles. The molecule has 0 saturated carbocycles. The molecule has 0 radical (unpaired) electrons. The van der Waals surface area contributed by atoms with Gasteiger partial charge in [-0.25, -0.2) is 4.98 Å². The van der Waals surface area contributed by atoms with Crippen LogP contribution >= 0.6 is 0 Å². The second-order valence-corrected chi connectivity index (χ2v) is 6.32. The molecule has 2 aliphatic rings. The molecule has 6 heteroatoms. The lowest BCUT2D eigenvalue weighted by molar-refractivity contribution is -0.0479. The Balaban J connectivity index is 1.49. The molecule has 0 N–H and O–H groups in total. The van der Waals surface area contributed by atoms with Gasteiger partial charge < -0.3 is 9.47 Å². The van der Waals surface area contributed by atoms with Crippen LogP contribution in [0.1, 0.15) is 18.4 Å². The number of pyridine rings is 1. The van der Waals surface area contributed by atoms with Crippen molar-refractivity contribution in [2.75, 3.05) is 13.2 Å². The lowest BCUT2D eigenvalue weighted by Crippen LogP contribution is -2.42. The van der Waals surface area contributed by atoms with Crippen LogP contribution in [0, 0.1) is 0 Å². The molecule has 2 fully saturated rings. The molecular formula is C17H22N4O2. The quantitative estimate of drug-likeness (QED) is 0.858. The lowest BCUT2D eigenvalue weighted by atomic mass is 10.0. The van der Waals surface area contributed by atoms with E-state index >= 15 is 0 Å². The molecule has 122 valence electrons. The maximum atomic E-state index is 6.12. The van der Waals surface area contributed by atoms with Gasteiger partial charge in [-0.3, -0.25) is 9.58 Å². The predicted octanol–water partition coefficient (Wildman–Crippen LogP) is 1.63. The number of nitrogens with zero attached hydrogens (tertiary/aromatic N) is 4. The highest BCUT2D eigenvalue weighted by molar-refractivity contribution is 5.12. The topological polar surface area (TPSA) is 52.4 Å². The minimum atomic E-state index is 0.0341. The number of aromatic nitrogens is 3. The van der Waals surface area contributed by atoms with Crippen LogP contribution in [0.5, 0.6) is 5.88 Å². The van der Waals surface area contributed by atoms with Crippen molar-refractivity contribution in [3.05, 3.63) is 42.4 Å². The average Bonchev–Trinajstić information content (AvgIpc) is 3.14. The molecular weight excluding hydrogens is 292 g/mol. The van der Waals surface area contributed by atoms with Gasteiger partial charge in [-0.2, -0.15) is 5.10 Å². The Morgan fingerprint density at radius 2 is 2.35 bits per heavy atom. The number of likely N-dealkylation sites (tertiary alicyclic amines) is 1. The van der Waals surface area contributed by atoms with Crippen molar-refractivity contribution in [2.45, 2.75) is 37.6 Å². The first-order chi connectivity index (χ1) is 11.3. The summed E-state index contributed by atoms with van der Waals surface area (Å²) in [4.78, 5) is 6.75. The molecule has 4 heterocycles. The summed E-state index contributed by atoms with van der Waals surface area (Å²) < 4.78 is 14.0. The summed E-state index contributed by atoms with van der Waals surface area (Å²) in [6, 6.07) is 6.17. The van der Waals surface area contributed by atoms with Gasteiger partial charge in [-0.1, -0.05) is 6.07 Å². The smallest absolute Gasteiger partial charge is 0.213 e. The fourth-order valence-electron chi connectivity index (χ4n) is 3.65. The molecule has 4 rings (SSSR count). The zero-order chi connectivity index (χ0) is 15.6. The summed E-state index contributed by atoms with van der Waals surface area (Å²) in [5.74, 6) is 0.675. The third-order valence-corrected chi connectivity index (χ3v) is 4.64. The Kier molecular flexibility index (Phi) is 4.01. The third kappa shape index (κ3) is 3.09. The summed E-state index contributed by atoms with van der Waals surface area (Å²) in [5.41, 5.74) is 1.23. The summed E-state index contributed by atoms with van der Waals surface area (Å²) in [6.45, 7) is 2.57. The van der Waals surface area contributed by atoms with Crippen LogP contribution in [-0.4, -0.2) is 51.1 Å². The summed E-state index contributed by atoms with van der Waals surface area (Å²) >= 11 is 0. The minimum absolute atomic E-state index is 0.0341. The Morgan fingerprint density at radius 1 is 1.39 bits per heavy atom. The molecule has 6 nitrogen and oxygen atoms in total. The van der Waals surface area contributed by atoms with E-state index < -0.39 is 0 Å². The van der Waals surface area contributed by atoms with E-state index in [0.717, 1.165) is 32.5 Å². The summed E-state index contributed by atoms with van der Waals surface area (Å²) in [7, 11) is 1.95. The van der Waals surface area contributed by atoms with Crippen molar-refractivity contribution >= 4 is 0 Å². The van der Waals surface area contributed by atoms with Gasteiger partial charge in [0.25, 0.3) is 0 Å². The van der Waals surface area contributed by atoms with Crippen LogP contribution in [0.4, 0.5) is 0 Å². The maximum absolute atomic E-state index is 6.12. The number of ether oxygens (including phenoxy) is 2. The Hall–Kier alpha value is -1.92. The van der Waals surface area contributed by atoms with Gasteiger partial charge in [0.2, 0.25) is 5.88 Å². The normalized spacial score (nSPS) is 27.8. The molecule has 0 amide bonds. The Bertz CT molecular complexity index is 645. The van der Waals surface area contributed by atoms with Crippen molar-refractivity contribution in [1.29, 1.82) is 0 Å². The first-order valence-corrected chi connectivity index (χ1v) is 8.20. The predicted molar refractivity (Wildman–Crippen MR) is 85.0 cm³/mol. The van der Waals surface area contributed by atoms with E-state index in [2.05, 4.69) is 21.2 Å². The molecule has 0 aliphatic carbocycles. The van der Waals surface area contributed by atoms with Gasteiger partial charge in [0.1, 0.15) is 12.2 Å². The molecule has 2 aromatic heterocycles. The van der Waals surface area contributed by atoms with Crippen LogP contribution in [-0.2, 0) is 18.3 Å². The van der Waals surface area contributed by atoms with Crippen LogP contribution in [0.2, 0.25) is 0 Å². The molecule has 0 spiro atoms. The van der Waals surface area contributed by atoms with E-state index in [4.69, 9.17) is 9.47 Å². The van der Waals surface area contributed by atoms with Gasteiger partial charge in [0.15, 0.2) is 0 Å². The third-order valence-electron chi connectivity index (χ3n) is 4.64. The monoisotopic (exact) mass is 314 g/mol. The summed E-state index contributed by atoms with van der Waals surface area (Å²) in [6.07, 6.45) is 8.21. The molecule has 0 aromatic carbocycles. The van der Waals surface area contributed by atoms with Crippen molar-refractivity contribution < 1.29 is 9.47 Å². The van der Waals surface area contributed by atoms with Crippen molar-refractivity contribution in [3.8, 4) is 5.88 Å². The van der Waals surface area contributed by atoms with Gasteiger partial charge in [0.05, 0.1) is 6.20 Å². The van der Waals surface area contributed by atoms with Gasteiger partial charge in [-0.15, -0.1) is 0 Å². The van der Waals surface area contributed by atoms with E-state index in [9.17, 15) is 0 Å². The van der Waals surface area contributed by atoms with Gasteiger partial charge in [-0.05, 0) is 18.9 Å². The fourth-order valence-corrected chi connectivity index (χ4v) is 3.65. The van der Waals surface area contributed by atoms with E-state index in [1.807, 2.05) is 36.1 Å². The number of hydrogen-bond donors (Lipinski definition) is 0. The number of aryl methyl sites for hydroxylation is 1. The molecule has 23 heavy (non-hydrogen) atoms. The van der Waals surface area contributed by atoms with Crippen LogP contribution in [0.15, 0.2) is 36.8 Å². The highest BCUT2D eigenvalue weighted by Crippen LogP contribution is 2.32. The second kappa shape index (κ2) is 6.29. The largest absolute Gasteiger partial charge is 0.470 e. The van der Waals surface area contributed by atoms with E-state index in [1.165, 1.54) is 5.56 Å². The molecule has 2 aromatic rings. The van der Waals surface area contributed by atoms with Crippen molar-refractivity contribution in [2.24, 2.45) is 7.05 Å². The zero-order valence-electron chi connectivity index (χ0n) is 13.3. The number of rotatable bonds is 4. The minimum Gasteiger partial charge on any atom is -0.470 e. The van der Waals surface area contributed by atoms with Crippen LogP contribution in [0.3, 0.4) is 0 Å². The Labute approximate surface area is 136 Å². The average molecular weight is 314 g/mol. The van der Waals surface area contributed by atoms with Crippen molar-refractivity contribution in [3.63, 3.8) is 0 Å². The van der Waals surface area contributed by atoms with Crippen LogP contribution < -0.4 is 4.74 Å².